The fraction of sp³-hybridized carbons (Fsp3) is 0.467. The molecule has 9 nitrogen and oxygen atoms in total. The Morgan fingerprint density at radius 1 is 1.58 bits per heavy atom. The van der Waals surface area contributed by atoms with Crippen molar-refractivity contribution in [2.45, 2.75) is 44.0 Å². The molecule has 1 unspecified atom stereocenters. The van der Waals surface area contributed by atoms with Gasteiger partial charge in [-0.05, 0) is 19.9 Å². The van der Waals surface area contributed by atoms with Crippen LogP contribution in [0.2, 0.25) is 0 Å². The largest absolute Gasteiger partial charge is 0.391 e. The topological polar surface area (TPSA) is 147 Å². The maximum Gasteiger partial charge on any atom is 0.261 e. The molecule has 6 N–H and O–H groups in total. The van der Waals surface area contributed by atoms with Crippen LogP contribution in [0.25, 0.3) is 11.0 Å². The summed E-state index contributed by atoms with van der Waals surface area (Å²) in [6.45, 7) is 2.94. The van der Waals surface area contributed by atoms with E-state index < -0.39 is 35.7 Å². The van der Waals surface area contributed by atoms with E-state index in [1.54, 1.807) is 0 Å². The number of hydrogen-bond donors (Lipinski definition) is 5. The Morgan fingerprint density at radius 2 is 2.29 bits per heavy atom. The fourth-order valence-corrected chi connectivity index (χ4v) is 2.96. The summed E-state index contributed by atoms with van der Waals surface area (Å²) >= 11 is 0. The number of nitrogens with zero attached hydrogens (tertiary/aromatic N) is 2. The van der Waals surface area contributed by atoms with Gasteiger partial charge in [0.05, 0.1) is 11.5 Å². The first-order valence-electron chi connectivity index (χ1n) is 7.33. The summed E-state index contributed by atoms with van der Waals surface area (Å²) in [5.74, 6) is 5.00. The predicted molar refractivity (Wildman–Crippen MR) is 84.8 cm³/mol. The molecule has 0 spiro atoms. The Morgan fingerprint density at radius 3 is 2.92 bits per heavy atom. The van der Waals surface area contributed by atoms with Crippen molar-refractivity contribution in [1.82, 2.24) is 14.5 Å². The molecule has 1 aliphatic rings. The van der Waals surface area contributed by atoms with Crippen molar-refractivity contribution in [3.8, 4) is 11.8 Å². The molecule has 0 radical (unpaired) electrons. The Balaban J connectivity index is 2.20. The minimum Gasteiger partial charge on any atom is -0.391 e. The van der Waals surface area contributed by atoms with Gasteiger partial charge < -0.3 is 30.4 Å². The maximum absolute atomic E-state index is 11.9. The van der Waals surface area contributed by atoms with Crippen molar-refractivity contribution in [2.24, 2.45) is 0 Å². The predicted octanol–water partition coefficient (Wildman–Crippen LogP) is -1.30. The van der Waals surface area contributed by atoms with Crippen molar-refractivity contribution in [3.63, 3.8) is 0 Å². The number of hydrogen-bond acceptors (Lipinski definition) is 7. The fourth-order valence-electron chi connectivity index (χ4n) is 2.96. The Kier molecular flexibility index (Phi) is 3.85. The third-order valence-corrected chi connectivity index (χ3v) is 4.08. The molecule has 0 saturated carbocycles. The Labute approximate surface area is 136 Å². The van der Waals surface area contributed by atoms with E-state index in [0.717, 1.165) is 0 Å². The van der Waals surface area contributed by atoms with E-state index in [1.807, 2.05) is 0 Å². The highest BCUT2D eigenvalue weighted by molar-refractivity contribution is 5.76. The van der Waals surface area contributed by atoms with E-state index in [1.165, 1.54) is 30.7 Å². The van der Waals surface area contributed by atoms with E-state index in [2.05, 4.69) is 21.8 Å². The lowest BCUT2D eigenvalue weighted by Gasteiger charge is -2.26. The number of nitrogen functional groups attached to an aromatic ring is 1. The zero-order chi connectivity index (χ0) is 17.6. The molecule has 24 heavy (non-hydrogen) atoms. The lowest BCUT2D eigenvalue weighted by atomic mass is 9.93. The summed E-state index contributed by atoms with van der Waals surface area (Å²) in [5, 5.41) is 31.3. The van der Waals surface area contributed by atoms with Gasteiger partial charge in [0.2, 0.25) is 5.95 Å². The molecule has 5 atom stereocenters. The number of nitrogens with two attached hydrogens (primary N) is 1. The minimum atomic E-state index is -1.98. The lowest BCUT2D eigenvalue weighted by Crippen LogP contribution is -2.47. The molecule has 2 aromatic heterocycles. The average molecular weight is 334 g/mol. The van der Waals surface area contributed by atoms with Crippen LogP contribution >= 0.6 is 0 Å². The molecule has 1 saturated heterocycles. The minimum absolute atomic E-state index is 0.0943. The number of anilines is 1. The number of nitrogens with one attached hydrogen (secondary N) is 1. The molecule has 3 rings (SSSR count). The second kappa shape index (κ2) is 5.61. The monoisotopic (exact) mass is 334 g/mol. The average Bonchev–Trinajstić information content (AvgIpc) is 3.00. The highest BCUT2D eigenvalue weighted by atomic mass is 16.6. The van der Waals surface area contributed by atoms with Gasteiger partial charge in [-0.3, -0.25) is 9.78 Å². The van der Waals surface area contributed by atoms with E-state index in [9.17, 15) is 20.1 Å². The van der Waals surface area contributed by atoms with Crippen LogP contribution in [-0.4, -0.2) is 53.8 Å². The third kappa shape index (κ3) is 2.28. The third-order valence-electron chi connectivity index (χ3n) is 4.08. The zero-order valence-electron chi connectivity index (χ0n) is 13.1. The van der Waals surface area contributed by atoms with Crippen LogP contribution in [0.3, 0.4) is 0 Å². The van der Waals surface area contributed by atoms with Crippen LogP contribution in [0.4, 0.5) is 5.95 Å². The molecular formula is C15H18N4O5. The molecule has 0 aromatic carbocycles. The highest BCUT2D eigenvalue weighted by Crippen LogP contribution is 2.40. The van der Waals surface area contributed by atoms with Crippen molar-refractivity contribution in [3.05, 3.63) is 22.6 Å². The van der Waals surface area contributed by atoms with E-state index in [-0.39, 0.29) is 17.0 Å². The first-order chi connectivity index (χ1) is 11.3. The zero-order valence-corrected chi connectivity index (χ0v) is 13.1. The van der Waals surface area contributed by atoms with Gasteiger partial charge >= 0.3 is 0 Å². The number of aromatic nitrogens is 3. The van der Waals surface area contributed by atoms with E-state index in [0.29, 0.717) is 0 Å². The van der Waals surface area contributed by atoms with Crippen molar-refractivity contribution in [2.75, 3.05) is 5.73 Å². The van der Waals surface area contributed by atoms with Crippen LogP contribution in [0.1, 0.15) is 20.1 Å². The SMILES string of the molecule is CC#CC1(O)[C@@H](O)[C@@H]([C@H](C)O)O[C@H]1n1ccc2c(=O)[nH]c(N)nc21. The molecule has 3 heterocycles. The molecular weight excluding hydrogens is 316 g/mol. The Hall–Kier alpha value is -2.38. The number of H-pyrrole nitrogens is 1. The number of aromatic amines is 1. The molecule has 1 fully saturated rings. The van der Waals surface area contributed by atoms with E-state index in [4.69, 9.17) is 10.5 Å². The number of aliphatic hydroxyl groups is 3. The summed E-state index contributed by atoms with van der Waals surface area (Å²) in [6, 6.07) is 1.49. The summed E-state index contributed by atoms with van der Waals surface area (Å²) in [5.41, 5.74) is 3.33. The maximum atomic E-state index is 11.9. The summed E-state index contributed by atoms with van der Waals surface area (Å²) < 4.78 is 7.02. The van der Waals surface area contributed by atoms with Gasteiger partial charge in [0.1, 0.15) is 12.2 Å². The smallest absolute Gasteiger partial charge is 0.261 e. The molecule has 128 valence electrons. The van der Waals surface area contributed by atoms with Gasteiger partial charge in [-0.1, -0.05) is 5.92 Å². The standard InChI is InChI=1S/C15H18N4O5/c1-3-5-15(23)10(21)9(7(2)20)24-13(15)19-6-4-8-11(19)17-14(16)18-12(8)22/h4,6-7,9-10,13,20-21,23H,1-2H3,(H3,16,17,18,22)/t7-,9+,10-,13+,15?/m0/s1. The van der Waals surface area contributed by atoms with Crippen molar-refractivity contribution < 1.29 is 20.1 Å². The highest BCUT2D eigenvalue weighted by Gasteiger charge is 2.57. The van der Waals surface area contributed by atoms with Crippen LogP contribution in [0.15, 0.2) is 17.1 Å². The van der Waals surface area contributed by atoms with Gasteiger partial charge in [0.25, 0.3) is 5.56 Å². The first-order valence-corrected chi connectivity index (χ1v) is 7.33. The quantitative estimate of drug-likeness (QED) is 0.429. The second-order valence-corrected chi connectivity index (χ2v) is 5.75. The van der Waals surface area contributed by atoms with Gasteiger partial charge in [0, 0.05) is 6.20 Å². The van der Waals surface area contributed by atoms with Crippen molar-refractivity contribution in [1.29, 1.82) is 0 Å². The van der Waals surface area contributed by atoms with Crippen molar-refractivity contribution >= 4 is 17.0 Å². The van der Waals surface area contributed by atoms with Gasteiger partial charge in [-0.25, -0.2) is 0 Å². The number of ether oxygens (including phenoxy) is 1. The molecule has 2 aromatic rings. The second-order valence-electron chi connectivity index (χ2n) is 5.75. The lowest BCUT2D eigenvalue weighted by molar-refractivity contribution is -0.0845. The van der Waals surface area contributed by atoms with Gasteiger partial charge in [-0.15, -0.1) is 5.92 Å². The molecule has 0 amide bonds. The van der Waals surface area contributed by atoms with Gasteiger partial charge in [-0.2, -0.15) is 4.98 Å². The molecule has 9 heteroatoms. The van der Waals surface area contributed by atoms with Crippen LogP contribution in [0.5, 0.6) is 0 Å². The van der Waals surface area contributed by atoms with Crippen LogP contribution in [0, 0.1) is 11.8 Å². The van der Waals surface area contributed by atoms with Crippen LogP contribution < -0.4 is 11.3 Å². The normalized spacial score (nSPS) is 31.0. The summed E-state index contributed by atoms with van der Waals surface area (Å²) in [6.07, 6.45) is -3.25. The summed E-state index contributed by atoms with van der Waals surface area (Å²) in [7, 11) is 0. The number of fused-ring (bicyclic) bond motifs is 1. The molecule has 1 aliphatic heterocycles. The number of aliphatic hydroxyl groups excluding tert-OH is 2. The van der Waals surface area contributed by atoms with E-state index >= 15 is 0 Å². The first kappa shape index (κ1) is 16.5. The molecule has 0 aliphatic carbocycles. The number of rotatable bonds is 2. The summed E-state index contributed by atoms with van der Waals surface area (Å²) in [4.78, 5) is 18.4. The Bertz CT molecular complexity index is 893. The van der Waals surface area contributed by atoms with Crippen LogP contribution in [-0.2, 0) is 4.74 Å². The molecule has 0 bridgehead atoms. The van der Waals surface area contributed by atoms with Gasteiger partial charge in [0.15, 0.2) is 17.5 Å².